The van der Waals surface area contributed by atoms with Gasteiger partial charge in [0.1, 0.15) is 11.6 Å². The number of rotatable bonds is 5. The van der Waals surface area contributed by atoms with Gasteiger partial charge in [-0.05, 0) is 24.3 Å². The fraction of sp³-hybridized carbons (Fsp3) is 0.400. The third kappa shape index (κ3) is 3.58. The molecule has 1 N–H and O–H groups in total. The van der Waals surface area contributed by atoms with E-state index in [0.29, 0.717) is 5.06 Å². The molecule has 96 valence electrons. The Morgan fingerprint density at radius 3 is 2.29 bits per heavy atom. The molecule has 0 aliphatic rings. The number of hydrogen-bond acceptors (Lipinski definition) is 4. The number of aliphatic hydroxyl groups is 1. The SMILES string of the molecule is CON(C)C(O)C(F)(F)Oc1ccc(F)cc1. The molecule has 0 aliphatic carbocycles. The lowest BCUT2D eigenvalue weighted by Gasteiger charge is -2.28. The Labute approximate surface area is 96.1 Å². The highest BCUT2D eigenvalue weighted by Crippen LogP contribution is 2.26. The molecule has 0 aliphatic heterocycles. The summed E-state index contributed by atoms with van der Waals surface area (Å²) >= 11 is 0. The molecule has 1 rings (SSSR count). The first-order valence-corrected chi connectivity index (χ1v) is 4.64. The number of halogens is 3. The number of hydrogen-bond donors (Lipinski definition) is 1. The Hall–Kier alpha value is -1.31. The highest BCUT2D eigenvalue weighted by atomic mass is 19.3. The van der Waals surface area contributed by atoms with E-state index in [1.165, 1.54) is 0 Å². The van der Waals surface area contributed by atoms with Crippen LogP contribution >= 0.6 is 0 Å². The van der Waals surface area contributed by atoms with Crippen LogP contribution in [0.4, 0.5) is 13.2 Å². The standard InChI is InChI=1S/C10H12F3NO3/c1-14(16-2)9(15)10(12,13)17-8-5-3-7(11)4-6-8/h3-6,9,15H,1-2H3. The van der Waals surface area contributed by atoms with E-state index < -0.39 is 18.2 Å². The van der Waals surface area contributed by atoms with Crippen LogP contribution in [0.15, 0.2) is 24.3 Å². The van der Waals surface area contributed by atoms with E-state index in [2.05, 4.69) is 9.57 Å². The second kappa shape index (κ2) is 5.35. The Morgan fingerprint density at radius 1 is 1.29 bits per heavy atom. The van der Waals surface area contributed by atoms with Crippen molar-refractivity contribution in [2.75, 3.05) is 14.2 Å². The number of ether oxygens (including phenoxy) is 1. The number of alkyl halides is 2. The molecule has 1 unspecified atom stereocenters. The van der Waals surface area contributed by atoms with Crippen molar-refractivity contribution in [3.05, 3.63) is 30.1 Å². The first kappa shape index (κ1) is 13.8. The van der Waals surface area contributed by atoms with E-state index in [1.54, 1.807) is 0 Å². The molecule has 17 heavy (non-hydrogen) atoms. The summed E-state index contributed by atoms with van der Waals surface area (Å²) in [6.45, 7) is 0. The minimum absolute atomic E-state index is 0.264. The first-order valence-electron chi connectivity index (χ1n) is 4.64. The fourth-order valence-electron chi connectivity index (χ4n) is 1.02. The lowest BCUT2D eigenvalue weighted by atomic mass is 10.3. The normalized spacial score (nSPS) is 13.8. The van der Waals surface area contributed by atoms with Crippen LogP contribution in [-0.4, -0.2) is 36.7 Å². The summed E-state index contributed by atoms with van der Waals surface area (Å²) in [6.07, 6.45) is -6.17. The second-order valence-corrected chi connectivity index (χ2v) is 3.22. The van der Waals surface area contributed by atoms with Gasteiger partial charge in [0.15, 0.2) is 0 Å². The monoisotopic (exact) mass is 251 g/mol. The third-order valence-electron chi connectivity index (χ3n) is 2.00. The van der Waals surface area contributed by atoms with E-state index >= 15 is 0 Å². The predicted molar refractivity (Wildman–Crippen MR) is 52.8 cm³/mol. The van der Waals surface area contributed by atoms with Gasteiger partial charge < -0.3 is 9.84 Å². The van der Waals surface area contributed by atoms with Crippen molar-refractivity contribution in [3.8, 4) is 5.75 Å². The average Bonchev–Trinajstić information content (AvgIpc) is 2.30. The Bertz CT molecular complexity index is 358. The Balaban J connectivity index is 2.74. The summed E-state index contributed by atoms with van der Waals surface area (Å²) in [5.41, 5.74) is 0. The molecule has 1 aromatic rings. The van der Waals surface area contributed by atoms with Crippen LogP contribution in [-0.2, 0) is 4.84 Å². The van der Waals surface area contributed by atoms with Crippen molar-refractivity contribution >= 4 is 0 Å². The lowest BCUT2D eigenvalue weighted by molar-refractivity contribution is -0.333. The maximum absolute atomic E-state index is 13.4. The molecular weight excluding hydrogens is 239 g/mol. The zero-order valence-electron chi connectivity index (χ0n) is 9.23. The summed E-state index contributed by atoms with van der Waals surface area (Å²) in [5.74, 6) is -0.838. The molecule has 0 fully saturated rings. The van der Waals surface area contributed by atoms with Crippen LogP contribution in [0.1, 0.15) is 0 Å². The van der Waals surface area contributed by atoms with Crippen LogP contribution in [0.3, 0.4) is 0 Å². The van der Waals surface area contributed by atoms with E-state index in [1.807, 2.05) is 0 Å². The number of hydroxylamine groups is 2. The first-order chi connectivity index (χ1) is 7.86. The molecule has 0 aromatic heterocycles. The van der Waals surface area contributed by atoms with Gasteiger partial charge in [-0.1, -0.05) is 0 Å². The highest BCUT2D eigenvalue weighted by molar-refractivity contribution is 5.22. The molecule has 7 heteroatoms. The van der Waals surface area contributed by atoms with E-state index in [0.717, 1.165) is 38.4 Å². The quantitative estimate of drug-likeness (QED) is 0.637. The topological polar surface area (TPSA) is 41.9 Å². The van der Waals surface area contributed by atoms with Gasteiger partial charge in [-0.15, -0.1) is 0 Å². The maximum Gasteiger partial charge on any atom is 0.440 e. The molecule has 0 saturated heterocycles. The van der Waals surface area contributed by atoms with Crippen molar-refractivity contribution in [3.63, 3.8) is 0 Å². The maximum atomic E-state index is 13.4. The van der Waals surface area contributed by atoms with E-state index in [4.69, 9.17) is 0 Å². The number of likely N-dealkylation sites (N-methyl/N-ethyl adjacent to an activating group) is 1. The van der Waals surface area contributed by atoms with Crippen LogP contribution in [0.5, 0.6) is 5.75 Å². The van der Waals surface area contributed by atoms with Gasteiger partial charge in [-0.3, -0.25) is 4.84 Å². The van der Waals surface area contributed by atoms with Crippen LogP contribution in [0.25, 0.3) is 0 Å². The molecule has 4 nitrogen and oxygen atoms in total. The van der Waals surface area contributed by atoms with Gasteiger partial charge in [0.05, 0.1) is 7.11 Å². The van der Waals surface area contributed by atoms with E-state index in [-0.39, 0.29) is 5.75 Å². The van der Waals surface area contributed by atoms with E-state index in [9.17, 15) is 18.3 Å². The Morgan fingerprint density at radius 2 is 1.82 bits per heavy atom. The molecule has 1 aromatic carbocycles. The van der Waals surface area contributed by atoms with Crippen LogP contribution in [0, 0.1) is 5.82 Å². The van der Waals surface area contributed by atoms with Gasteiger partial charge in [-0.2, -0.15) is 13.8 Å². The van der Waals surface area contributed by atoms with Gasteiger partial charge in [0.25, 0.3) is 0 Å². The Kier molecular flexibility index (Phi) is 4.33. The molecule has 0 spiro atoms. The summed E-state index contributed by atoms with van der Waals surface area (Å²) in [6, 6.07) is 4.00. The van der Waals surface area contributed by atoms with Crippen molar-refractivity contribution in [2.24, 2.45) is 0 Å². The average molecular weight is 251 g/mol. The van der Waals surface area contributed by atoms with Crippen LogP contribution in [0.2, 0.25) is 0 Å². The molecule has 1 atom stereocenters. The summed E-state index contributed by atoms with van der Waals surface area (Å²) in [7, 11) is 2.24. The van der Waals surface area contributed by atoms with Gasteiger partial charge in [-0.25, -0.2) is 4.39 Å². The third-order valence-corrected chi connectivity index (χ3v) is 2.00. The van der Waals surface area contributed by atoms with Gasteiger partial charge in [0.2, 0.25) is 6.23 Å². The number of nitrogens with zero attached hydrogens (tertiary/aromatic N) is 1. The van der Waals surface area contributed by atoms with Crippen molar-refractivity contribution in [1.29, 1.82) is 0 Å². The summed E-state index contributed by atoms with van der Waals surface area (Å²) in [4.78, 5) is 4.42. The molecule has 0 amide bonds. The molecule has 0 bridgehead atoms. The van der Waals surface area contributed by atoms with Gasteiger partial charge >= 0.3 is 6.11 Å². The largest absolute Gasteiger partial charge is 0.440 e. The highest BCUT2D eigenvalue weighted by Gasteiger charge is 2.44. The lowest BCUT2D eigenvalue weighted by Crippen LogP contribution is -2.49. The van der Waals surface area contributed by atoms with Crippen molar-refractivity contribution in [1.82, 2.24) is 5.06 Å². The second-order valence-electron chi connectivity index (χ2n) is 3.22. The number of aliphatic hydroxyl groups excluding tert-OH is 1. The smallest absolute Gasteiger partial charge is 0.430 e. The number of benzene rings is 1. The summed E-state index contributed by atoms with van der Waals surface area (Å²) < 4.78 is 43.5. The fourth-order valence-corrected chi connectivity index (χ4v) is 1.02. The molecule has 0 saturated carbocycles. The minimum atomic E-state index is -3.89. The minimum Gasteiger partial charge on any atom is -0.430 e. The zero-order chi connectivity index (χ0) is 13.1. The molecular formula is C10H12F3NO3. The van der Waals surface area contributed by atoms with Gasteiger partial charge in [0, 0.05) is 7.05 Å². The molecule has 0 radical (unpaired) electrons. The zero-order valence-corrected chi connectivity index (χ0v) is 9.23. The van der Waals surface area contributed by atoms with Crippen molar-refractivity contribution in [2.45, 2.75) is 12.3 Å². The van der Waals surface area contributed by atoms with Crippen LogP contribution < -0.4 is 4.74 Å². The summed E-state index contributed by atoms with van der Waals surface area (Å²) in [5, 5.41) is 9.74. The molecule has 0 heterocycles. The predicted octanol–water partition coefficient (Wildman–Crippen LogP) is 1.61. The van der Waals surface area contributed by atoms with Crippen molar-refractivity contribution < 1.29 is 27.9 Å².